The summed E-state index contributed by atoms with van der Waals surface area (Å²) in [6.45, 7) is 8.54. The number of carboxylic acids is 1. The smallest absolute Gasteiger partial charge is 0.471 e. The zero-order chi connectivity index (χ0) is 19.5. The summed E-state index contributed by atoms with van der Waals surface area (Å²) in [6, 6.07) is -2.55. The van der Waals surface area contributed by atoms with Crippen LogP contribution in [-0.2, 0) is 14.4 Å². The Balaban J connectivity index is 2.26. The minimum atomic E-state index is -5.12. The number of nitrogens with zero attached hydrogens (tertiary/aromatic N) is 1. The van der Waals surface area contributed by atoms with Crippen LogP contribution in [0.3, 0.4) is 0 Å². The molecule has 2 aliphatic rings. The topological polar surface area (TPSA) is 86.7 Å². The summed E-state index contributed by atoms with van der Waals surface area (Å²) in [5, 5.41) is 11.2. The second-order valence-electron chi connectivity index (χ2n) is 8.50. The van der Waals surface area contributed by atoms with Gasteiger partial charge in [0, 0.05) is 12.5 Å². The molecule has 1 aliphatic heterocycles. The van der Waals surface area contributed by atoms with Crippen molar-refractivity contribution in [2.45, 2.75) is 52.9 Å². The average Bonchev–Trinajstić information content (AvgIpc) is 2.82. The number of nitrogens with one attached hydrogen (secondary N) is 1. The standard InChI is InChI=1S/C16H23F3N2O4/c1-14(2,3)10(20-13(25)16(17,18)19)11(22)21-6-7-8(15(7,4)5)9(21)12(23)24/h7-10H,6H2,1-5H3,(H,20,25)(H,23,24)/t7-,8-,9+,10+/m1/s1. The van der Waals surface area contributed by atoms with Crippen molar-refractivity contribution in [2.75, 3.05) is 6.54 Å². The van der Waals surface area contributed by atoms with Gasteiger partial charge < -0.3 is 15.3 Å². The van der Waals surface area contributed by atoms with Gasteiger partial charge in [0.2, 0.25) is 5.91 Å². The number of piperidine rings is 1. The lowest BCUT2D eigenvalue weighted by Gasteiger charge is -2.36. The highest BCUT2D eigenvalue weighted by atomic mass is 19.4. The van der Waals surface area contributed by atoms with Gasteiger partial charge in [-0.25, -0.2) is 4.79 Å². The van der Waals surface area contributed by atoms with Gasteiger partial charge in [-0.2, -0.15) is 13.2 Å². The highest BCUT2D eigenvalue weighted by molar-refractivity contribution is 5.93. The van der Waals surface area contributed by atoms with E-state index < -0.39 is 41.5 Å². The third-order valence-electron chi connectivity index (χ3n) is 5.39. The van der Waals surface area contributed by atoms with Crippen LogP contribution in [0.1, 0.15) is 34.6 Å². The van der Waals surface area contributed by atoms with Crippen LogP contribution in [0, 0.1) is 22.7 Å². The zero-order valence-electron chi connectivity index (χ0n) is 14.8. The maximum atomic E-state index is 12.8. The first kappa shape index (κ1) is 19.5. The molecule has 142 valence electrons. The summed E-state index contributed by atoms with van der Waals surface area (Å²) in [6.07, 6.45) is -5.12. The number of carboxylic acid groups (broad SMARTS) is 1. The molecule has 1 heterocycles. The lowest BCUT2D eigenvalue weighted by molar-refractivity contribution is -0.176. The van der Waals surface area contributed by atoms with Crippen molar-refractivity contribution in [3.8, 4) is 0 Å². The molecule has 0 radical (unpaired) electrons. The lowest BCUT2D eigenvalue weighted by atomic mass is 9.85. The molecular weight excluding hydrogens is 341 g/mol. The van der Waals surface area contributed by atoms with E-state index in [1.807, 2.05) is 13.8 Å². The fourth-order valence-corrected chi connectivity index (χ4v) is 3.82. The highest BCUT2D eigenvalue weighted by Gasteiger charge is 2.70. The maximum Gasteiger partial charge on any atom is 0.471 e. The molecule has 2 fully saturated rings. The largest absolute Gasteiger partial charge is 0.480 e. The average molecular weight is 364 g/mol. The van der Waals surface area contributed by atoms with E-state index in [9.17, 15) is 32.7 Å². The van der Waals surface area contributed by atoms with Crippen LogP contribution in [0.4, 0.5) is 13.2 Å². The van der Waals surface area contributed by atoms with Crippen molar-refractivity contribution in [1.82, 2.24) is 10.2 Å². The Morgan fingerprint density at radius 3 is 2.12 bits per heavy atom. The maximum absolute atomic E-state index is 12.8. The number of amides is 2. The van der Waals surface area contributed by atoms with E-state index in [4.69, 9.17) is 0 Å². The first-order valence-corrected chi connectivity index (χ1v) is 8.01. The summed E-state index contributed by atoms with van der Waals surface area (Å²) < 4.78 is 37.7. The van der Waals surface area contributed by atoms with Crippen LogP contribution in [0.5, 0.6) is 0 Å². The number of rotatable bonds is 3. The molecule has 9 heteroatoms. The van der Waals surface area contributed by atoms with Crippen LogP contribution in [0.2, 0.25) is 0 Å². The summed E-state index contributed by atoms with van der Waals surface area (Å²) in [5.41, 5.74) is -1.23. The number of hydrogen-bond donors (Lipinski definition) is 2. The van der Waals surface area contributed by atoms with Gasteiger partial charge in [-0.1, -0.05) is 34.6 Å². The third-order valence-corrected chi connectivity index (χ3v) is 5.39. The van der Waals surface area contributed by atoms with Gasteiger partial charge in [0.25, 0.3) is 0 Å². The van der Waals surface area contributed by atoms with Gasteiger partial charge >= 0.3 is 18.1 Å². The molecule has 2 N–H and O–H groups in total. The summed E-state index contributed by atoms with van der Waals surface area (Å²) in [4.78, 5) is 36.9. The number of carbonyl (C=O) groups is 3. The Morgan fingerprint density at radius 2 is 1.72 bits per heavy atom. The van der Waals surface area contributed by atoms with Gasteiger partial charge in [-0.3, -0.25) is 9.59 Å². The Kier molecular flexibility index (Phi) is 4.38. The fourth-order valence-electron chi connectivity index (χ4n) is 3.82. The first-order chi connectivity index (χ1) is 11.1. The van der Waals surface area contributed by atoms with E-state index in [2.05, 4.69) is 0 Å². The zero-order valence-corrected chi connectivity index (χ0v) is 14.8. The van der Waals surface area contributed by atoms with Crippen molar-refractivity contribution in [1.29, 1.82) is 0 Å². The highest BCUT2D eigenvalue weighted by Crippen LogP contribution is 2.65. The van der Waals surface area contributed by atoms with Gasteiger partial charge in [0.15, 0.2) is 0 Å². The molecule has 0 unspecified atom stereocenters. The van der Waals surface area contributed by atoms with Gasteiger partial charge in [0.05, 0.1) is 0 Å². The predicted molar refractivity (Wildman–Crippen MR) is 81.3 cm³/mol. The van der Waals surface area contributed by atoms with E-state index in [0.29, 0.717) is 0 Å². The molecule has 25 heavy (non-hydrogen) atoms. The van der Waals surface area contributed by atoms with Gasteiger partial charge in [0.1, 0.15) is 12.1 Å². The second-order valence-corrected chi connectivity index (χ2v) is 8.50. The van der Waals surface area contributed by atoms with Crippen LogP contribution < -0.4 is 5.32 Å². The lowest BCUT2D eigenvalue weighted by Crippen LogP contribution is -2.59. The molecule has 0 spiro atoms. The summed E-state index contributed by atoms with van der Waals surface area (Å²) in [5.74, 6) is -4.41. The summed E-state index contributed by atoms with van der Waals surface area (Å²) >= 11 is 0. The van der Waals surface area contributed by atoms with E-state index in [1.165, 1.54) is 20.8 Å². The van der Waals surface area contributed by atoms with Crippen molar-refractivity contribution in [2.24, 2.45) is 22.7 Å². The van der Waals surface area contributed by atoms with E-state index in [0.717, 1.165) is 4.90 Å². The molecule has 1 saturated heterocycles. The first-order valence-electron chi connectivity index (χ1n) is 8.01. The van der Waals surface area contributed by atoms with Crippen LogP contribution in [0.15, 0.2) is 0 Å². The number of fused-ring (bicyclic) bond motifs is 1. The fraction of sp³-hybridized carbons (Fsp3) is 0.812. The number of halogens is 3. The van der Waals surface area contributed by atoms with E-state index >= 15 is 0 Å². The third kappa shape index (κ3) is 3.32. The summed E-state index contributed by atoms with van der Waals surface area (Å²) in [7, 11) is 0. The Hall–Kier alpha value is -1.80. The molecule has 6 nitrogen and oxygen atoms in total. The number of carbonyl (C=O) groups excluding carboxylic acids is 2. The molecule has 4 atom stereocenters. The monoisotopic (exact) mass is 364 g/mol. The normalized spacial score (nSPS) is 29.0. The molecule has 0 aromatic carbocycles. The number of alkyl halides is 3. The van der Waals surface area contributed by atoms with Crippen molar-refractivity contribution in [3.05, 3.63) is 0 Å². The van der Waals surface area contributed by atoms with Crippen LogP contribution >= 0.6 is 0 Å². The van der Waals surface area contributed by atoms with Crippen molar-refractivity contribution < 1.29 is 32.7 Å². The van der Waals surface area contributed by atoms with Crippen molar-refractivity contribution in [3.63, 3.8) is 0 Å². The number of likely N-dealkylation sites (tertiary alicyclic amines) is 1. The molecule has 1 aliphatic carbocycles. The van der Waals surface area contributed by atoms with Crippen LogP contribution in [0.25, 0.3) is 0 Å². The quantitative estimate of drug-likeness (QED) is 0.797. The molecule has 2 rings (SSSR count). The Morgan fingerprint density at radius 1 is 1.20 bits per heavy atom. The SMILES string of the molecule is CC(C)(C)[C@@H](NC(=O)C(F)(F)F)C(=O)N1C[C@@H]2[C@H]([C@H]1C(=O)O)C2(C)C. The van der Waals surface area contributed by atoms with Crippen molar-refractivity contribution >= 4 is 17.8 Å². The molecule has 0 aromatic heterocycles. The minimum Gasteiger partial charge on any atom is -0.480 e. The molecule has 0 bridgehead atoms. The van der Waals surface area contributed by atoms with E-state index in [1.54, 1.807) is 5.32 Å². The van der Waals surface area contributed by atoms with Crippen LogP contribution in [-0.4, -0.2) is 52.6 Å². The second kappa shape index (κ2) is 5.60. The van der Waals surface area contributed by atoms with E-state index in [-0.39, 0.29) is 23.8 Å². The predicted octanol–water partition coefficient (Wildman–Crippen LogP) is 1.65. The number of hydrogen-bond acceptors (Lipinski definition) is 3. The molecule has 1 saturated carbocycles. The molecule has 0 aromatic rings. The van der Waals surface area contributed by atoms with Gasteiger partial charge in [-0.15, -0.1) is 0 Å². The molecular formula is C16H23F3N2O4. The number of aliphatic carboxylic acids is 1. The minimum absolute atomic E-state index is 0.00325. The molecule has 2 amide bonds. The van der Waals surface area contributed by atoms with Gasteiger partial charge in [-0.05, 0) is 16.7 Å². The Labute approximate surface area is 143 Å². The Bertz CT molecular complexity index is 609.